The summed E-state index contributed by atoms with van der Waals surface area (Å²) in [6.45, 7) is 1.52. The highest BCUT2D eigenvalue weighted by Gasteiger charge is 2.49. The van der Waals surface area contributed by atoms with E-state index in [0.29, 0.717) is 45.9 Å². The quantitative estimate of drug-likeness (QED) is 0.263. The third-order valence-corrected chi connectivity index (χ3v) is 9.71. The molecule has 1 heterocycles. The van der Waals surface area contributed by atoms with Gasteiger partial charge in [-0.3, -0.25) is 9.59 Å². The van der Waals surface area contributed by atoms with E-state index in [1.165, 1.54) is 6.92 Å². The van der Waals surface area contributed by atoms with Crippen LogP contribution in [0.5, 0.6) is 5.75 Å². The lowest BCUT2D eigenvalue weighted by atomic mass is 9.76. The number of aliphatic carboxylic acids is 1. The number of nitrogens with one attached hydrogen (secondary N) is 2. The van der Waals surface area contributed by atoms with Crippen molar-refractivity contribution in [2.24, 2.45) is 0 Å². The predicted molar refractivity (Wildman–Crippen MR) is 175 cm³/mol. The highest BCUT2D eigenvalue weighted by atomic mass is 35.5. The number of carbonyl (C=O) groups is 3. The summed E-state index contributed by atoms with van der Waals surface area (Å²) >= 11 is 13.0. The van der Waals surface area contributed by atoms with Crippen molar-refractivity contribution in [2.45, 2.75) is 69.3 Å². The van der Waals surface area contributed by atoms with Crippen LogP contribution in [0.1, 0.15) is 71.6 Å². The van der Waals surface area contributed by atoms with Gasteiger partial charge >= 0.3 is 5.97 Å². The summed E-state index contributed by atoms with van der Waals surface area (Å²) in [7, 11) is -3.61. The number of rotatable bonds is 10. The van der Waals surface area contributed by atoms with Crippen LogP contribution in [0.15, 0.2) is 66.7 Å². The molecule has 0 spiro atoms. The molecule has 1 aliphatic heterocycles. The number of carbonyl (C=O) groups excluding carboxylic acids is 2. The molecule has 1 saturated carbocycles. The lowest BCUT2D eigenvalue weighted by Gasteiger charge is -2.49. The van der Waals surface area contributed by atoms with Crippen LogP contribution < -0.4 is 14.8 Å². The summed E-state index contributed by atoms with van der Waals surface area (Å²) in [6, 6.07) is 16.6. The van der Waals surface area contributed by atoms with Gasteiger partial charge in [0.2, 0.25) is 15.9 Å². The van der Waals surface area contributed by atoms with Crippen LogP contribution in [0, 0.1) is 0 Å². The van der Waals surface area contributed by atoms with Crippen LogP contribution in [0.2, 0.25) is 10.0 Å². The minimum atomic E-state index is -3.61. The molecule has 3 aromatic carbocycles. The third-order valence-electron chi connectivity index (χ3n) is 8.42. The first-order valence-electron chi connectivity index (χ1n) is 14.9. The Kier molecular flexibility index (Phi) is 10.3. The number of carboxylic acid groups (broad SMARTS) is 1. The highest BCUT2D eigenvalue weighted by Crippen LogP contribution is 2.48. The molecule has 0 radical (unpaired) electrons. The Labute approximate surface area is 278 Å². The molecule has 13 heteroatoms. The average Bonchev–Trinajstić information content (AvgIpc) is 3.00. The Morgan fingerprint density at radius 3 is 2.48 bits per heavy atom. The second-order valence-corrected chi connectivity index (χ2v) is 14.3. The van der Waals surface area contributed by atoms with Crippen molar-refractivity contribution in [1.29, 1.82) is 0 Å². The lowest BCUT2D eigenvalue weighted by molar-refractivity contribution is -0.144. The molecule has 0 aromatic heterocycles. The fourth-order valence-electron chi connectivity index (χ4n) is 6.41. The molecule has 0 saturated heterocycles. The number of hydrogen-bond donors (Lipinski definition) is 3. The van der Waals surface area contributed by atoms with Gasteiger partial charge in [0.05, 0.1) is 18.2 Å². The first kappa shape index (κ1) is 33.7. The van der Waals surface area contributed by atoms with Crippen molar-refractivity contribution < 1.29 is 32.6 Å². The zero-order valence-electron chi connectivity index (χ0n) is 25.3. The van der Waals surface area contributed by atoms with E-state index < -0.39 is 46.1 Å². The summed E-state index contributed by atoms with van der Waals surface area (Å²) in [5.41, 5.74) is 2.06. The van der Waals surface area contributed by atoms with E-state index in [1.807, 2.05) is 0 Å². The summed E-state index contributed by atoms with van der Waals surface area (Å²) in [5, 5.41) is 12.9. The SMILES string of the molecule is C[C@H](Oc1cccc(CNC(=O)C2c3ccccc3C(=O)N(C3CCCCC3NS(C)(=O)=O)C2c2ccc(Cl)cc2Cl)c1)C(=O)O. The standard InChI is InChI=1S/C33H35Cl2N3O7S/c1-19(33(41)42)45-22-9-7-8-20(16-22)18-36-31(39)29-23-10-3-4-11-24(23)32(40)38(30(29)25-15-14-21(34)17-26(25)35)28-13-6-5-12-27(28)37-46(2,43)44/h3-4,7-11,14-17,19,27-30,37H,5-6,12-13,18H2,1-2H3,(H,36,39)(H,41,42)/t19-,27?,28?,29?,30?/m0/s1. The largest absolute Gasteiger partial charge is 0.479 e. The number of fused-ring (bicyclic) bond motifs is 1. The Hall–Kier alpha value is -3.64. The number of carboxylic acids is 1. The minimum Gasteiger partial charge on any atom is -0.479 e. The average molecular weight is 689 g/mol. The maximum absolute atomic E-state index is 14.4. The molecular formula is C33H35Cl2N3O7S. The molecule has 1 aliphatic carbocycles. The van der Waals surface area contributed by atoms with Gasteiger partial charge in [-0.05, 0) is 66.8 Å². The molecule has 4 unspecified atom stereocenters. The molecular weight excluding hydrogens is 653 g/mol. The number of sulfonamides is 1. The van der Waals surface area contributed by atoms with E-state index in [2.05, 4.69) is 10.0 Å². The van der Waals surface area contributed by atoms with Crippen LogP contribution in [-0.2, 0) is 26.2 Å². The first-order chi connectivity index (χ1) is 21.8. The normalized spacial score (nSPS) is 22.1. The van der Waals surface area contributed by atoms with Gasteiger partial charge in [-0.2, -0.15) is 0 Å². The number of halogens is 2. The maximum atomic E-state index is 14.4. The fourth-order valence-corrected chi connectivity index (χ4v) is 7.76. The number of ether oxygens (including phenoxy) is 1. The van der Waals surface area contributed by atoms with E-state index >= 15 is 0 Å². The molecule has 10 nitrogen and oxygen atoms in total. The lowest BCUT2D eigenvalue weighted by Crippen LogP contribution is -2.59. The maximum Gasteiger partial charge on any atom is 0.344 e. The van der Waals surface area contributed by atoms with Crippen LogP contribution in [0.3, 0.4) is 0 Å². The van der Waals surface area contributed by atoms with Crippen molar-refractivity contribution >= 4 is 51.0 Å². The number of benzene rings is 3. The molecule has 5 atom stereocenters. The smallest absolute Gasteiger partial charge is 0.344 e. The Morgan fingerprint density at radius 1 is 1.02 bits per heavy atom. The molecule has 3 aromatic rings. The Bertz CT molecular complexity index is 1750. The molecule has 3 N–H and O–H groups in total. The number of hydrogen-bond acceptors (Lipinski definition) is 6. The topological polar surface area (TPSA) is 142 Å². The van der Waals surface area contributed by atoms with E-state index in [-0.39, 0.29) is 23.4 Å². The second-order valence-electron chi connectivity index (χ2n) is 11.7. The van der Waals surface area contributed by atoms with Gasteiger partial charge in [0.1, 0.15) is 5.75 Å². The van der Waals surface area contributed by atoms with Crippen LogP contribution >= 0.6 is 23.2 Å². The Balaban J connectivity index is 1.57. The Morgan fingerprint density at radius 2 is 1.76 bits per heavy atom. The molecule has 1 fully saturated rings. The summed E-state index contributed by atoms with van der Waals surface area (Å²) < 4.78 is 33.0. The summed E-state index contributed by atoms with van der Waals surface area (Å²) in [6.07, 6.45) is 2.65. The van der Waals surface area contributed by atoms with E-state index in [9.17, 15) is 27.9 Å². The molecule has 0 bridgehead atoms. The van der Waals surface area contributed by atoms with Gasteiger partial charge in [-0.25, -0.2) is 17.9 Å². The highest BCUT2D eigenvalue weighted by molar-refractivity contribution is 7.88. The van der Waals surface area contributed by atoms with Crippen molar-refractivity contribution in [3.63, 3.8) is 0 Å². The number of nitrogens with zero attached hydrogens (tertiary/aromatic N) is 1. The zero-order valence-corrected chi connectivity index (χ0v) is 27.6. The summed E-state index contributed by atoms with van der Waals surface area (Å²) in [4.78, 5) is 41.7. The van der Waals surface area contributed by atoms with Gasteiger partial charge < -0.3 is 20.1 Å². The van der Waals surface area contributed by atoms with Crippen molar-refractivity contribution in [3.05, 3.63) is 99.0 Å². The van der Waals surface area contributed by atoms with E-state index in [0.717, 1.165) is 19.1 Å². The number of amides is 2. The van der Waals surface area contributed by atoms with Crippen molar-refractivity contribution in [3.8, 4) is 5.75 Å². The van der Waals surface area contributed by atoms with Gasteiger partial charge in [0.15, 0.2) is 6.10 Å². The fraction of sp³-hybridized carbons (Fsp3) is 0.364. The molecule has 2 amide bonds. The van der Waals surface area contributed by atoms with Gasteiger partial charge in [-0.1, -0.05) is 72.4 Å². The zero-order chi connectivity index (χ0) is 33.2. The van der Waals surface area contributed by atoms with Crippen molar-refractivity contribution in [2.75, 3.05) is 6.26 Å². The molecule has 5 rings (SSSR count). The third kappa shape index (κ3) is 7.49. The first-order valence-corrected chi connectivity index (χ1v) is 17.6. The second kappa shape index (κ2) is 14.0. The van der Waals surface area contributed by atoms with Crippen LogP contribution in [-0.4, -0.2) is 60.7 Å². The molecule has 244 valence electrons. The monoisotopic (exact) mass is 687 g/mol. The molecule has 2 aliphatic rings. The predicted octanol–water partition coefficient (Wildman–Crippen LogP) is 5.30. The van der Waals surface area contributed by atoms with E-state index in [1.54, 1.807) is 71.6 Å². The van der Waals surface area contributed by atoms with Crippen LogP contribution in [0.25, 0.3) is 0 Å². The van der Waals surface area contributed by atoms with Gasteiger partial charge in [-0.15, -0.1) is 0 Å². The molecule has 46 heavy (non-hydrogen) atoms. The summed E-state index contributed by atoms with van der Waals surface area (Å²) in [5.74, 6) is -2.38. The van der Waals surface area contributed by atoms with Crippen LogP contribution in [0.4, 0.5) is 0 Å². The minimum absolute atomic E-state index is 0.0901. The van der Waals surface area contributed by atoms with E-state index in [4.69, 9.17) is 27.9 Å². The van der Waals surface area contributed by atoms with Crippen molar-refractivity contribution in [1.82, 2.24) is 14.9 Å². The van der Waals surface area contributed by atoms with Gasteiger partial charge in [0, 0.05) is 34.2 Å². The van der Waals surface area contributed by atoms with Gasteiger partial charge in [0.25, 0.3) is 5.91 Å².